The summed E-state index contributed by atoms with van der Waals surface area (Å²) in [4.78, 5) is 15.2. The van der Waals surface area contributed by atoms with Crippen molar-refractivity contribution in [2.45, 2.75) is 58.9 Å². The lowest BCUT2D eigenvalue weighted by Crippen LogP contribution is -2.26. The maximum Gasteiger partial charge on any atom is 0.137 e. The van der Waals surface area contributed by atoms with Gasteiger partial charge >= 0.3 is 0 Å². The Kier molecular flexibility index (Phi) is 9.60. The van der Waals surface area contributed by atoms with E-state index >= 15 is 0 Å². The largest absolute Gasteiger partial charge is 0.396 e. The number of hydrogen-bond acceptors (Lipinski definition) is 7. The average Bonchev–Trinajstić information content (AvgIpc) is 3.43. The predicted molar refractivity (Wildman–Crippen MR) is 146 cm³/mol. The second-order valence-corrected chi connectivity index (χ2v) is 10.3. The fourth-order valence-corrected chi connectivity index (χ4v) is 5.26. The van der Waals surface area contributed by atoms with Gasteiger partial charge in [-0.3, -0.25) is 4.99 Å². The third-order valence-electron chi connectivity index (χ3n) is 5.77. The Morgan fingerprint density at radius 1 is 1.29 bits per heavy atom. The third-order valence-corrected chi connectivity index (χ3v) is 6.93. The number of nitrogens with zero attached hydrogens (tertiary/aromatic N) is 3. The van der Waals surface area contributed by atoms with Crippen LogP contribution >= 0.6 is 11.3 Å². The third kappa shape index (κ3) is 7.37. The molecule has 34 heavy (non-hydrogen) atoms. The van der Waals surface area contributed by atoms with E-state index in [0.29, 0.717) is 18.4 Å². The number of aliphatic imine (C=N–C) groups is 2. The molecular weight excluding hydrogens is 442 g/mol. The highest BCUT2D eigenvalue weighted by Gasteiger charge is 2.25. The molecule has 0 amide bonds. The fourth-order valence-electron chi connectivity index (χ4n) is 4.18. The molecule has 0 bridgehead atoms. The fraction of sp³-hybridized carbons (Fsp3) is 0.444. The van der Waals surface area contributed by atoms with Crippen LogP contribution in [0.1, 0.15) is 62.0 Å². The van der Waals surface area contributed by atoms with E-state index in [2.05, 4.69) is 66.0 Å². The Hall–Kier alpha value is -2.77. The zero-order valence-corrected chi connectivity index (χ0v) is 21.4. The van der Waals surface area contributed by atoms with E-state index in [1.54, 1.807) is 11.3 Å². The molecule has 0 radical (unpaired) electrons. The topological polar surface area (TPSA) is 81.9 Å². The van der Waals surface area contributed by atoms with Crippen LogP contribution in [-0.2, 0) is 6.42 Å². The number of thiazole rings is 1. The first-order valence-corrected chi connectivity index (χ1v) is 12.7. The lowest BCUT2D eigenvalue weighted by Gasteiger charge is -2.16. The van der Waals surface area contributed by atoms with Crippen LogP contribution in [0, 0.1) is 5.92 Å². The molecule has 182 valence electrons. The SMILES string of the molecule is C=N/C(NC1CCC(CO)C1)=C(\C=N/CN/C(C=C(C)C)=C/C(=C)C)c1nc2c(s1)CCC=C2. The molecule has 2 atom stereocenters. The van der Waals surface area contributed by atoms with Crippen molar-refractivity contribution in [2.75, 3.05) is 13.3 Å². The number of hydrogen-bond donors (Lipinski definition) is 3. The molecule has 0 aromatic carbocycles. The van der Waals surface area contributed by atoms with Gasteiger partial charge < -0.3 is 15.7 Å². The number of aromatic nitrogens is 1. The van der Waals surface area contributed by atoms with Crippen LogP contribution in [0.2, 0.25) is 0 Å². The summed E-state index contributed by atoms with van der Waals surface area (Å²) in [6.45, 7) is 14.6. The van der Waals surface area contributed by atoms with E-state index < -0.39 is 0 Å². The lowest BCUT2D eigenvalue weighted by atomic mass is 10.1. The minimum Gasteiger partial charge on any atom is -0.396 e. The molecule has 7 heteroatoms. The minimum atomic E-state index is 0.232. The molecule has 3 N–H and O–H groups in total. The van der Waals surface area contributed by atoms with Crippen LogP contribution in [0.25, 0.3) is 11.6 Å². The maximum atomic E-state index is 9.52. The van der Waals surface area contributed by atoms with Gasteiger partial charge in [0.1, 0.15) is 17.5 Å². The van der Waals surface area contributed by atoms with Crippen molar-refractivity contribution < 1.29 is 5.11 Å². The summed E-state index contributed by atoms with van der Waals surface area (Å²) in [5.74, 6) is 1.04. The van der Waals surface area contributed by atoms with Gasteiger partial charge in [0.15, 0.2) is 0 Å². The number of nitrogens with one attached hydrogen (secondary N) is 2. The minimum absolute atomic E-state index is 0.232. The van der Waals surface area contributed by atoms with Gasteiger partial charge in [-0.25, -0.2) is 9.98 Å². The average molecular weight is 480 g/mol. The standard InChI is InChI=1S/C27H37N5OS/c1-18(2)12-22(13-19(3)4)30-17-29-15-23(27-32-24-8-6-7-9-25(24)34-27)26(28-5)31-21-11-10-20(14-21)16-33/h6,8,12-13,15,20-21,30-31,33H,1,5,7,9-11,14,16-17H2,2-4H3/b22-12+,26-23-,29-15-. The Labute approximate surface area is 207 Å². The van der Waals surface area contributed by atoms with E-state index in [1.165, 1.54) is 10.5 Å². The molecule has 2 aliphatic rings. The van der Waals surface area contributed by atoms with Gasteiger partial charge in [0.25, 0.3) is 0 Å². The van der Waals surface area contributed by atoms with E-state index in [9.17, 15) is 5.11 Å². The van der Waals surface area contributed by atoms with Gasteiger partial charge in [0.05, 0.1) is 11.3 Å². The predicted octanol–water partition coefficient (Wildman–Crippen LogP) is 5.27. The first-order valence-electron chi connectivity index (χ1n) is 11.9. The highest BCUT2D eigenvalue weighted by molar-refractivity contribution is 7.13. The number of rotatable bonds is 11. The van der Waals surface area contributed by atoms with Gasteiger partial charge in [0.2, 0.25) is 0 Å². The Bertz CT molecular complexity index is 1040. The summed E-state index contributed by atoms with van der Waals surface area (Å²) in [5.41, 5.74) is 5.04. The van der Waals surface area contributed by atoms with Gasteiger partial charge in [-0.05, 0) is 83.7 Å². The summed E-state index contributed by atoms with van der Waals surface area (Å²) in [7, 11) is 0. The number of allylic oxidation sites excluding steroid dienone is 6. The van der Waals surface area contributed by atoms with E-state index in [4.69, 9.17) is 4.98 Å². The maximum absolute atomic E-state index is 9.52. The molecule has 1 aromatic rings. The van der Waals surface area contributed by atoms with Crippen LogP contribution < -0.4 is 10.6 Å². The molecule has 3 rings (SSSR count). The molecule has 0 saturated heterocycles. The highest BCUT2D eigenvalue weighted by Crippen LogP contribution is 2.31. The van der Waals surface area contributed by atoms with E-state index in [0.717, 1.165) is 59.6 Å². The van der Waals surface area contributed by atoms with Crippen molar-refractivity contribution in [2.24, 2.45) is 15.9 Å². The molecule has 0 spiro atoms. The molecule has 6 nitrogen and oxygen atoms in total. The smallest absolute Gasteiger partial charge is 0.137 e. The van der Waals surface area contributed by atoms with Crippen molar-refractivity contribution >= 4 is 35.9 Å². The lowest BCUT2D eigenvalue weighted by molar-refractivity contribution is 0.228. The van der Waals surface area contributed by atoms with Crippen LogP contribution in [0.5, 0.6) is 0 Å². The molecule has 1 fully saturated rings. The monoisotopic (exact) mass is 479 g/mol. The first kappa shape index (κ1) is 25.8. The van der Waals surface area contributed by atoms with Crippen molar-refractivity contribution in [1.29, 1.82) is 0 Å². The van der Waals surface area contributed by atoms with Gasteiger partial charge in [-0.2, -0.15) is 0 Å². The summed E-state index contributed by atoms with van der Waals surface area (Å²) in [5, 5.41) is 17.3. The van der Waals surface area contributed by atoms with Gasteiger partial charge in [0, 0.05) is 29.4 Å². The van der Waals surface area contributed by atoms with Gasteiger partial charge in [-0.1, -0.05) is 23.8 Å². The van der Waals surface area contributed by atoms with Crippen molar-refractivity contribution in [3.05, 3.63) is 63.0 Å². The molecular formula is C27H37N5OS. The normalized spacial score (nSPS) is 20.6. The highest BCUT2D eigenvalue weighted by atomic mass is 32.1. The van der Waals surface area contributed by atoms with Crippen molar-refractivity contribution in [1.82, 2.24) is 15.6 Å². The van der Waals surface area contributed by atoms with Crippen LogP contribution in [0.4, 0.5) is 0 Å². The molecule has 1 saturated carbocycles. The van der Waals surface area contributed by atoms with Crippen LogP contribution in [0.3, 0.4) is 0 Å². The Morgan fingerprint density at radius 2 is 2.12 bits per heavy atom. The summed E-state index contributed by atoms with van der Waals surface area (Å²) >= 11 is 1.70. The van der Waals surface area contributed by atoms with Crippen molar-refractivity contribution in [3.8, 4) is 0 Å². The van der Waals surface area contributed by atoms with Gasteiger partial charge in [-0.15, -0.1) is 11.3 Å². The molecule has 2 aliphatic carbocycles. The molecule has 1 heterocycles. The number of aliphatic hydroxyl groups excluding tert-OH is 1. The number of aryl methyl sites for hydroxylation is 1. The Morgan fingerprint density at radius 3 is 2.76 bits per heavy atom. The second-order valence-electron chi connectivity index (χ2n) is 9.21. The first-order chi connectivity index (χ1) is 16.4. The second kappa shape index (κ2) is 12.6. The van der Waals surface area contributed by atoms with Crippen LogP contribution in [0.15, 0.2) is 57.5 Å². The quantitative estimate of drug-likeness (QED) is 0.298. The van der Waals surface area contributed by atoms with Crippen LogP contribution in [-0.4, -0.2) is 42.3 Å². The van der Waals surface area contributed by atoms with Crippen molar-refractivity contribution in [3.63, 3.8) is 0 Å². The summed E-state index contributed by atoms with van der Waals surface area (Å²) in [6.07, 6.45) is 15.2. The summed E-state index contributed by atoms with van der Waals surface area (Å²) < 4.78 is 0. The number of aliphatic hydroxyl groups is 1. The number of fused-ring (bicyclic) bond motifs is 1. The molecule has 1 aromatic heterocycles. The Balaban J connectivity index is 1.85. The zero-order valence-electron chi connectivity index (χ0n) is 20.6. The van der Waals surface area contributed by atoms with E-state index in [-0.39, 0.29) is 12.6 Å². The zero-order chi connectivity index (χ0) is 24.5. The van der Waals surface area contributed by atoms with E-state index in [1.807, 2.05) is 19.2 Å². The molecule has 2 unspecified atom stereocenters. The summed E-state index contributed by atoms with van der Waals surface area (Å²) in [6, 6.07) is 0.261. The molecule has 0 aliphatic heterocycles.